The molecule has 1 unspecified atom stereocenters. The first kappa shape index (κ1) is 15.4. The minimum atomic E-state index is -1.05. The first-order valence-corrected chi connectivity index (χ1v) is 7.25. The zero-order valence-corrected chi connectivity index (χ0v) is 12.2. The summed E-state index contributed by atoms with van der Waals surface area (Å²) in [4.78, 5) is 27.0. The van der Waals surface area contributed by atoms with E-state index in [1.165, 1.54) is 12.3 Å². The molecule has 2 rings (SSSR count). The Morgan fingerprint density at radius 1 is 1.48 bits per heavy atom. The molecule has 1 amide bonds. The molecule has 2 heterocycles. The molecule has 1 fully saturated rings. The first-order chi connectivity index (χ1) is 10.1. The lowest BCUT2D eigenvalue weighted by Crippen LogP contribution is -2.42. The molecule has 0 radical (unpaired) electrons. The summed E-state index contributed by atoms with van der Waals surface area (Å²) in [6.45, 7) is 4.06. The van der Waals surface area contributed by atoms with Gasteiger partial charge in [0, 0.05) is 19.3 Å². The van der Waals surface area contributed by atoms with Gasteiger partial charge in [0.25, 0.3) is 0 Å². The predicted molar refractivity (Wildman–Crippen MR) is 77.9 cm³/mol. The monoisotopic (exact) mass is 291 g/mol. The predicted octanol–water partition coefficient (Wildman–Crippen LogP) is 1.18. The van der Waals surface area contributed by atoms with Crippen LogP contribution < -0.4 is 10.6 Å². The number of carboxylic acids is 1. The van der Waals surface area contributed by atoms with Crippen molar-refractivity contribution in [2.24, 2.45) is 5.41 Å². The molecule has 0 saturated carbocycles. The van der Waals surface area contributed by atoms with Crippen LogP contribution in [0.3, 0.4) is 0 Å². The van der Waals surface area contributed by atoms with Gasteiger partial charge in [-0.1, -0.05) is 19.4 Å². The van der Waals surface area contributed by atoms with Gasteiger partial charge in [-0.25, -0.2) is 9.78 Å². The Morgan fingerprint density at radius 3 is 2.81 bits per heavy atom. The minimum Gasteiger partial charge on any atom is -0.477 e. The van der Waals surface area contributed by atoms with Gasteiger partial charge in [-0.05, 0) is 31.0 Å². The summed E-state index contributed by atoms with van der Waals surface area (Å²) in [5.41, 5.74) is 0.502. The number of carbonyl (C=O) groups excluding carboxylic acids is 1. The fraction of sp³-hybridized carbons (Fsp3) is 0.533. The Bertz CT molecular complexity index is 507. The van der Waals surface area contributed by atoms with Crippen LogP contribution in [0.4, 0.5) is 0 Å². The van der Waals surface area contributed by atoms with Gasteiger partial charge in [0.15, 0.2) is 0 Å². The van der Waals surface area contributed by atoms with E-state index in [9.17, 15) is 9.59 Å². The molecule has 6 nitrogen and oxygen atoms in total. The van der Waals surface area contributed by atoms with Crippen molar-refractivity contribution in [2.45, 2.75) is 32.7 Å². The molecule has 21 heavy (non-hydrogen) atoms. The second kappa shape index (κ2) is 6.67. The van der Waals surface area contributed by atoms with Gasteiger partial charge in [0.2, 0.25) is 5.91 Å². The summed E-state index contributed by atoms with van der Waals surface area (Å²) in [6, 6.07) is 3.12. The highest BCUT2D eigenvalue weighted by atomic mass is 16.4. The van der Waals surface area contributed by atoms with E-state index in [1.807, 2.05) is 0 Å². The number of amides is 1. The second-order valence-corrected chi connectivity index (χ2v) is 5.50. The van der Waals surface area contributed by atoms with Crippen LogP contribution >= 0.6 is 0 Å². The summed E-state index contributed by atoms with van der Waals surface area (Å²) in [5, 5.41) is 15.0. The van der Waals surface area contributed by atoms with Gasteiger partial charge in [0.1, 0.15) is 5.69 Å². The van der Waals surface area contributed by atoms with Crippen molar-refractivity contribution in [3.05, 3.63) is 29.6 Å². The highest BCUT2D eigenvalue weighted by Crippen LogP contribution is 2.31. The normalized spacial score (nSPS) is 21.2. The van der Waals surface area contributed by atoms with Crippen molar-refractivity contribution in [1.82, 2.24) is 15.6 Å². The molecule has 1 saturated heterocycles. The lowest BCUT2D eigenvalue weighted by atomic mass is 9.81. The van der Waals surface area contributed by atoms with Gasteiger partial charge in [0.05, 0.1) is 5.41 Å². The second-order valence-electron chi connectivity index (χ2n) is 5.50. The number of nitrogens with zero attached hydrogens (tertiary/aromatic N) is 1. The molecule has 0 spiro atoms. The molecule has 1 aromatic rings. The Balaban J connectivity index is 1.95. The quantitative estimate of drug-likeness (QED) is 0.732. The Kier molecular flexibility index (Phi) is 4.90. The van der Waals surface area contributed by atoms with E-state index in [0.29, 0.717) is 6.54 Å². The number of rotatable bonds is 6. The maximum Gasteiger partial charge on any atom is 0.354 e. The molecule has 0 aromatic carbocycles. The van der Waals surface area contributed by atoms with Crippen molar-refractivity contribution in [2.75, 3.05) is 13.1 Å². The van der Waals surface area contributed by atoms with Gasteiger partial charge >= 0.3 is 5.97 Å². The number of carbonyl (C=O) groups is 2. The number of hydrogen-bond donors (Lipinski definition) is 3. The van der Waals surface area contributed by atoms with Crippen LogP contribution in [0.2, 0.25) is 0 Å². The third-order valence-corrected chi connectivity index (χ3v) is 3.95. The molecule has 3 N–H and O–H groups in total. The highest BCUT2D eigenvalue weighted by molar-refractivity contribution is 5.85. The van der Waals surface area contributed by atoms with Crippen molar-refractivity contribution < 1.29 is 14.7 Å². The third kappa shape index (κ3) is 3.58. The molecule has 1 aliphatic heterocycles. The standard InChI is InChI=1S/C15H21N3O3/c1-2-5-15(6-7-16-10-15)14(21)18-9-11-3-4-12(13(19)20)17-8-11/h3-4,8,16H,2,5-7,9-10H2,1H3,(H,18,21)(H,19,20). The van der Waals surface area contributed by atoms with Gasteiger partial charge in [-0.2, -0.15) is 0 Å². The van der Waals surface area contributed by atoms with E-state index in [0.717, 1.165) is 37.9 Å². The Hall–Kier alpha value is -1.95. The van der Waals surface area contributed by atoms with E-state index in [2.05, 4.69) is 22.5 Å². The summed E-state index contributed by atoms with van der Waals surface area (Å²) >= 11 is 0. The van der Waals surface area contributed by atoms with Crippen LogP contribution in [0.1, 0.15) is 42.2 Å². The first-order valence-electron chi connectivity index (χ1n) is 7.25. The van der Waals surface area contributed by atoms with Gasteiger partial charge in [-0.3, -0.25) is 4.79 Å². The molecular weight excluding hydrogens is 270 g/mol. The molecular formula is C15H21N3O3. The summed E-state index contributed by atoms with van der Waals surface area (Å²) < 4.78 is 0. The van der Waals surface area contributed by atoms with Crippen molar-refractivity contribution in [3.8, 4) is 0 Å². The van der Waals surface area contributed by atoms with Crippen LogP contribution in [-0.2, 0) is 11.3 Å². The summed E-state index contributed by atoms with van der Waals surface area (Å²) in [7, 11) is 0. The summed E-state index contributed by atoms with van der Waals surface area (Å²) in [5.74, 6) is -0.985. The number of nitrogens with one attached hydrogen (secondary N) is 2. The van der Waals surface area contributed by atoms with Gasteiger partial charge in [-0.15, -0.1) is 0 Å². The fourth-order valence-corrected chi connectivity index (χ4v) is 2.77. The van der Waals surface area contributed by atoms with Crippen molar-refractivity contribution in [1.29, 1.82) is 0 Å². The Labute approximate surface area is 124 Å². The molecule has 6 heteroatoms. The average molecular weight is 291 g/mol. The number of hydrogen-bond acceptors (Lipinski definition) is 4. The highest BCUT2D eigenvalue weighted by Gasteiger charge is 2.39. The van der Waals surface area contributed by atoms with Crippen LogP contribution in [0.25, 0.3) is 0 Å². The molecule has 1 aromatic heterocycles. The molecule has 1 atom stereocenters. The number of carboxylic acid groups (broad SMARTS) is 1. The van der Waals surface area contributed by atoms with Crippen molar-refractivity contribution >= 4 is 11.9 Å². The molecule has 0 bridgehead atoms. The van der Waals surface area contributed by atoms with E-state index in [1.54, 1.807) is 6.07 Å². The van der Waals surface area contributed by atoms with Crippen LogP contribution in [-0.4, -0.2) is 35.1 Å². The van der Waals surface area contributed by atoms with Crippen molar-refractivity contribution in [3.63, 3.8) is 0 Å². The van der Waals surface area contributed by atoms with Crippen LogP contribution in [0, 0.1) is 5.41 Å². The minimum absolute atomic E-state index is 0.00697. The van der Waals surface area contributed by atoms with E-state index >= 15 is 0 Å². The third-order valence-electron chi connectivity index (χ3n) is 3.95. The fourth-order valence-electron chi connectivity index (χ4n) is 2.77. The lowest BCUT2D eigenvalue weighted by molar-refractivity contribution is -0.130. The SMILES string of the molecule is CCCC1(C(=O)NCc2ccc(C(=O)O)nc2)CCNC1. The number of pyridine rings is 1. The Morgan fingerprint density at radius 2 is 2.29 bits per heavy atom. The van der Waals surface area contributed by atoms with E-state index in [-0.39, 0.29) is 17.0 Å². The maximum absolute atomic E-state index is 12.4. The molecule has 114 valence electrons. The van der Waals surface area contributed by atoms with E-state index < -0.39 is 5.97 Å². The summed E-state index contributed by atoms with van der Waals surface area (Å²) in [6.07, 6.45) is 4.21. The van der Waals surface area contributed by atoms with Crippen LogP contribution in [0.15, 0.2) is 18.3 Å². The van der Waals surface area contributed by atoms with E-state index in [4.69, 9.17) is 5.11 Å². The zero-order valence-electron chi connectivity index (χ0n) is 12.2. The zero-order chi connectivity index (χ0) is 15.3. The molecule has 1 aliphatic rings. The van der Waals surface area contributed by atoms with Gasteiger partial charge < -0.3 is 15.7 Å². The number of aromatic nitrogens is 1. The molecule has 0 aliphatic carbocycles. The average Bonchev–Trinajstić information content (AvgIpc) is 2.95. The topological polar surface area (TPSA) is 91.3 Å². The maximum atomic E-state index is 12.4. The smallest absolute Gasteiger partial charge is 0.354 e. The largest absolute Gasteiger partial charge is 0.477 e. The van der Waals surface area contributed by atoms with Crippen LogP contribution in [0.5, 0.6) is 0 Å². The number of aromatic carboxylic acids is 1. The lowest BCUT2D eigenvalue weighted by Gasteiger charge is -2.26.